The van der Waals surface area contributed by atoms with Gasteiger partial charge in [0.2, 0.25) is 11.8 Å². The fourth-order valence-corrected chi connectivity index (χ4v) is 0.905. The summed E-state index contributed by atoms with van der Waals surface area (Å²) in [6.45, 7) is -1.88. The van der Waals surface area contributed by atoms with Crippen LogP contribution in [0.2, 0.25) is 0 Å². The van der Waals surface area contributed by atoms with E-state index in [4.69, 9.17) is 21.1 Å². The van der Waals surface area contributed by atoms with Gasteiger partial charge in [-0.25, -0.2) is 4.79 Å². The molecule has 9 heteroatoms. The van der Waals surface area contributed by atoms with Crippen LogP contribution in [-0.2, 0) is 14.4 Å². The average molecular weight is 249 g/mol. The van der Waals surface area contributed by atoms with Crippen molar-refractivity contribution in [1.29, 1.82) is 0 Å². The molecule has 0 aliphatic carbocycles. The maximum atomic E-state index is 11.4. The number of rotatable bonds is 7. The Kier molecular flexibility index (Phi) is 6.79. The second-order valence-corrected chi connectivity index (χ2v) is 3.09. The number of amides is 2. The fourth-order valence-electron chi connectivity index (χ4n) is 0.905. The highest BCUT2D eigenvalue weighted by molar-refractivity contribution is 5.90. The molecule has 2 atom stereocenters. The lowest BCUT2D eigenvalue weighted by atomic mass is 10.2. The highest BCUT2D eigenvalue weighted by atomic mass is 16.4. The predicted molar refractivity (Wildman–Crippen MR) is 54.7 cm³/mol. The van der Waals surface area contributed by atoms with E-state index in [-0.39, 0.29) is 6.54 Å². The van der Waals surface area contributed by atoms with Gasteiger partial charge in [0.25, 0.3) is 0 Å². The maximum Gasteiger partial charge on any atom is 0.328 e. The number of carboxylic acid groups (broad SMARTS) is 1. The number of carboxylic acids is 1. The SMILES string of the molecule is NCC(=O)N[C@@H](CO)C(=O)N[C@@H](CO)C(=O)O. The fraction of sp³-hybridized carbons (Fsp3) is 0.625. The van der Waals surface area contributed by atoms with E-state index in [2.05, 4.69) is 5.32 Å². The Balaban J connectivity index is 4.43. The summed E-state index contributed by atoms with van der Waals surface area (Å²) in [5, 5.41) is 30.1. The van der Waals surface area contributed by atoms with Crippen molar-refractivity contribution in [2.75, 3.05) is 19.8 Å². The molecule has 0 aliphatic rings. The Labute approximate surface area is 96.6 Å². The number of aliphatic hydroxyl groups excluding tert-OH is 2. The van der Waals surface area contributed by atoms with Crippen molar-refractivity contribution < 1.29 is 29.7 Å². The van der Waals surface area contributed by atoms with Gasteiger partial charge in [-0.15, -0.1) is 0 Å². The standard InChI is InChI=1S/C8H15N3O6/c9-1-6(14)10-4(2-12)7(15)11-5(3-13)8(16)17/h4-5,12-13H,1-3,9H2,(H,10,14)(H,11,15)(H,16,17)/t4-,5-/m0/s1. The van der Waals surface area contributed by atoms with Crippen LogP contribution in [0.3, 0.4) is 0 Å². The summed E-state index contributed by atoms with van der Waals surface area (Å²) in [5.41, 5.74) is 4.99. The predicted octanol–water partition coefficient (Wildman–Crippen LogP) is -4.02. The quantitative estimate of drug-likeness (QED) is 0.267. The molecule has 17 heavy (non-hydrogen) atoms. The molecule has 0 saturated heterocycles. The minimum Gasteiger partial charge on any atom is -0.480 e. The van der Waals surface area contributed by atoms with Crippen LogP contribution in [0.15, 0.2) is 0 Å². The van der Waals surface area contributed by atoms with Crippen molar-refractivity contribution in [3.05, 3.63) is 0 Å². The molecule has 0 bridgehead atoms. The zero-order chi connectivity index (χ0) is 13.4. The highest BCUT2D eigenvalue weighted by Crippen LogP contribution is 1.88. The lowest BCUT2D eigenvalue weighted by molar-refractivity contribution is -0.143. The van der Waals surface area contributed by atoms with Crippen molar-refractivity contribution in [1.82, 2.24) is 10.6 Å². The van der Waals surface area contributed by atoms with Crippen molar-refractivity contribution in [3.63, 3.8) is 0 Å². The highest BCUT2D eigenvalue weighted by Gasteiger charge is 2.25. The number of aliphatic carboxylic acids is 1. The first-order valence-corrected chi connectivity index (χ1v) is 4.70. The molecule has 0 heterocycles. The van der Waals surface area contributed by atoms with Crippen LogP contribution < -0.4 is 16.4 Å². The summed E-state index contributed by atoms with van der Waals surface area (Å²) in [5.74, 6) is -3.02. The van der Waals surface area contributed by atoms with E-state index >= 15 is 0 Å². The molecular formula is C8H15N3O6. The molecule has 0 aromatic rings. The molecule has 7 N–H and O–H groups in total. The third-order valence-electron chi connectivity index (χ3n) is 1.82. The van der Waals surface area contributed by atoms with Gasteiger partial charge in [0.15, 0.2) is 0 Å². The monoisotopic (exact) mass is 249 g/mol. The molecular weight excluding hydrogens is 234 g/mol. The topological polar surface area (TPSA) is 162 Å². The Hall–Kier alpha value is -1.71. The van der Waals surface area contributed by atoms with Crippen molar-refractivity contribution in [2.24, 2.45) is 5.73 Å². The molecule has 2 amide bonds. The number of carbonyl (C=O) groups is 3. The van der Waals surface area contributed by atoms with Crippen molar-refractivity contribution >= 4 is 17.8 Å². The molecule has 0 radical (unpaired) electrons. The molecule has 9 nitrogen and oxygen atoms in total. The Bertz CT molecular complexity index is 295. The van der Waals surface area contributed by atoms with Gasteiger partial charge >= 0.3 is 5.97 Å². The molecule has 0 rings (SSSR count). The normalized spacial score (nSPS) is 13.6. The first-order chi connectivity index (χ1) is 7.96. The van der Waals surface area contributed by atoms with E-state index in [1.807, 2.05) is 5.32 Å². The van der Waals surface area contributed by atoms with Crippen LogP contribution in [0, 0.1) is 0 Å². The summed E-state index contributed by atoms with van der Waals surface area (Å²) in [6, 6.07) is -2.80. The third kappa shape index (κ3) is 5.24. The van der Waals surface area contributed by atoms with Crippen LogP contribution >= 0.6 is 0 Å². The van der Waals surface area contributed by atoms with Gasteiger partial charge in [-0.2, -0.15) is 0 Å². The van der Waals surface area contributed by atoms with E-state index in [1.54, 1.807) is 0 Å². The Morgan fingerprint density at radius 1 is 1.06 bits per heavy atom. The number of nitrogens with one attached hydrogen (secondary N) is 2. The van der Waals surface area contributed by atoms with Crippen LogP contribution in [-0.4, -0.2) is 64.9 Å². The van der Waals surface area contributed by atoms with Gasteiger partial charge in [0, 0.05) is 0 Å². The van der Waals surface area contributed by atoms with E-state index < -0.39 is 43.1 Å². The van der Waals surface area contributed by atoms with E-state index in [1.165, 1.54) is 0 Å². The van der Waals surface area contributed by atoms with Gasteiger partial charge in [0.05, 0.1) is 19.8 Å². The summed E-state index contributed by atoms with van der Waals surface area (Å²) in [7, 11) is 0. The molecule has 0 spiro atoms. The maximum absolute atomic E-state index is 11.4. The summed E-state index contributed by atoms with van der Waals surface area (Å²) >= 11 is 0. The summed E-state index contributed by atoms with van der Waals surface area (Å²) in [4.78, 5) is 32.8. The number of carbonyl (C=O) groups excluding carboxylic acids is 2. The van der Waals surface area contributed by atoms with Gasteiger partial charge < -0.3 is 31.7 Å². The molecule has 0 aromatic carbocycles. The molecule has 0 aromatic heterocycles. The van der Waals surface area contributed by atoms with Crippen molar-refractivity contribution in [2.45, 2.75) is 12.1 Å². The Morgan fingerprint density at radius 2 is 1.59 bits per heavy atom. The number of hydrogen-bond acceptors (Lipinski definition) is 6. The minimum atomic E-state index is -1.49. The van der Waals surface area contributed by atoms with E-state index in [0.29, 0.717) is 0 Å². The first-order valence-electron chi connectivity index (χ1n) is 4.70. The van der Waals surface area contributed by atoms with Crippen LogP contribution in [0.4, 0.5) is 0 Å². The zero-order valence-corrected chi connectivity index (χ0v) is 8.92. The largest absolute Gasteiger partial charge is 0.480 e. The Morgan fingerprint density at radius 3 is 1.94 bits per heavy atom. The number of hydrogen-bond donors (Lipinski definition) is 6. The van der Waals surface area contributed by atoms with E-state index in [0.717, 1.165) is 0 Å². The smallest absolute Gasteiger partial charge is 0.328 e. The number of aliphatic hydroxyl groups is 2. The molecule has 0 fully saturated rings. The van der Waals surface area contributed by atoms with Gasteiger partial charge in [-0.3, -0.25) is 9.59 Å². The molecule has 98 valence electrons. The van der Waals surface area contributed by atoms with Crippen LogP contribution in [0.25, 0.3) is 0 Å². The lowest BCUT2D eigenvalue weighted by Gasteiger charge is -2.18. The third-order valence-corrected chi connectivity index (χ3v) is 1.82. The second kappa shape index (κ2) is 7.54. The summed E-state index contributed by atoms with van der Waals surface area (Å²) < 4.78 is 0. The van der Waals surface area contributed by atoms with Crippen LogP contribution in [0.1, 0.15) is 0 Å². The molecule has 0 unspecified atom stereocenters. The van der Waals surface area contributed by atoms with E-state index in [9.17, 15) is 14.4 Å². The zero-order valence-electron chi connectivity index (χ0n) is 8.92. The molecule has 0 saturated carbocycles. The van der Waals surface area contributed by atoms with Gasteiger partial charge in [0.1, 0.15) is 12.1 Å². The molecule has 0 aliphatic heterocycles. The first kappa shape index (κ1) is 15.3. The van der Waals surface area contributed by atoms with Gasteiger partial charge in [-0.1, -0.05) is 0 Å². The second-order valence-electron chi connectivity index (χ2n) is 3.09. The average Bonchev–Trinajstić information content (AvgIpc) is 2.31. The van der Waals surface area contributed by atoms with Crippen molar-refractivity contribution in [3.8, 4) is 0 Å². The lowest BCUT2D eigenvalue weighted by Crippen LogP contribution is -2.54. The minimum absolute atomic E-state index is 0.369. The van der Waals surface area contributed by atoms with Gasteiger partial charge in [-0.05, 0) is 0 Å². The number of nitrogens with two attached hydrogens (primary N) is 1. The van der Waals surface area contributed by atoms with Crippen LogP contribution in [0.5, 0.6) is 0 Å². The summed E-state index contributed by atoms with van der Waals surface area (Å²) in [6.07, 6.45) is 0.